The second-order valence-electron chi connectivity index (χ2n) is 13.3. The third-order valence-electron chi connectivity index (χ3n) is 11.7. The van der Waals surface area contributed by atoms with Crippen LogP contribution in [0, 0.1) is 46.3 Å². The number of carbonyl (C=O) groups is 1. The van der Waals surface area contributed by atoms with E-state index >= 15 is 0 Å². The van der Waals surface area contributed by atoms with Gasteiger partial charge in [-0.15, -0.1) is 0 Å². The second-order valence-corrected chi connectivity index (χ2v) is 13.3. The van der Waals surface area contributed by atoms with Gasteiger partial charge in [-0.1, -0.05) is 39.3 Å². The summed E-state index contributed by atoms with van der Waals surface area (Å²) in [5.74, 6) is 2.15. The Morgan fingerprint density at radius 3 is 2.62 bits per heavy atom. The van der Waals surface area contributed by atoms with Gasteiger partial charge in [-0.25, -0.2) is 0 Å². The summed E-state index contributed by atoms with van der Waals surface area (Å²) >= 11 is 0. The molecule has 5 nitrogen and oxygen atoms in total. The van der Waals surface area contributed by atoms with Crippen molar-refractivity contribution >= 4 is 5.97 Å². The van der Waals surface area contributed by atoms with E-state index in [-0.39, 0.29) is 29.0 Å². The van der Waals surface area contributed by atoms with E-state index in [0.29, 0.717) is 35.5 Å². The van der Waals surface area contributed by atoms with Gasteiger partial charge in [0.15, 0.2) is 5.79 Å². The highest BCUT2D eigenvalue weighted by Gasteiger charge is 2.70. The molecule has 0 aromatic heterocycles. The fourth-order valence-electron chi connectivity index (χ4n) is 9.83. The summed E-state index contributed by atoms with van der Waals surface area (Å²) in [6, 6.07) is 0. The SMILES string of the molecule is CC(=O)OC1CCC2(C)C3=CC(O)C4(C)C(CC5OC6(CCC(C)CO6)C(C)C54)C3CCC2C1. The van der Waals surface area contributed by atoms with Gasteiger partial charge in [0.2, 0.25) is 0 Å². The average Bonchev–Trinajstić information content (AvgIpc) is 3.23. The van der Waals surface area contributed by atoms with Crippen LogP contribution in [0.25, 0.3) is 0 Å². The van der Waals surface area contributed by atoms with Crippen molar-refractivity contribution in [2.45, 2.75) is 110 Å². The van der Waals surface area contributed by atoms with E-state index in [1.165, 1.54) is 25.3 Å². The highest BCUT2D eigenvalue weighted by atomic mass is 16.7. The summed E-state index contributed by atoms with van der Waals surface area (Å²) in [4.78, 5) is 11.5. The Balaban J connectivity index is 1.28. The number of aliphatic hydroxyl groups is 1. The Kier molecular flexibility index (Phi) is 5.38. The van der Waals surface area contributed by atoms with Gasteiger partial charge in [-0.2, -0.15) is 0 Å². The summed E-state index contributed by atoms with van der Waals surface area (Å²) in [7, 11) is 0. The number of allylic oxidation sites excluding steroid dienone is 1. The molecule has 34 heavy (non-hydrogen) atoms. The maximum atomic E-state index is 11.8. The lowest BCUT2D eigenvalue weighted by molar-refractivity contribution is -0.272. The molecule has 0 radical (unpaired) electrons. The maximum Gasteiger partial charge on any atom is 0.302 e. The topological polar surface area (TPSA) is 65.0 Å². The molecule has 1 spiro atoms. The number of fused-ring (bicyclic) bond motifs is 7. The standard InChI is InChI=1S/C29H44O5/c1-16-8-11-29(32-15-16)17(2)26-24(34-29)13-23-21-7-6-19-12-20(33-18(3)30)9-10-27(19,4)22(21)14-25(31)28(23,26)5/h14,16-17,19-21,23-26,31H,6-13,15H2,1-5H3. The Labute approximate surface area is 205 Å². The fraction of sp³-hybridized carbons (Fsp3) is 0.897. The van der Waals surface area contributed by atoms with Crippen molar-refractivity contribution in [3.63, 3.8) is 0 Å². The molecule has 0 amide bonds. The van der Waals surface area contributed by atoms with Crippen molar-refractivity contribution in [3.05, 3.63) is 11.6 Å². The van der Waals surface area contributed by atoms with E-state index in [4.69, 9.17) is 14.2 Å². The van der Waals surface area contributed by atoms with Gasteiger partial charge in [-0.3, -0.25) is 4.79 Å². The third-order valence-corrected chi connectivity index (χ3v) is 11.7. The molecule has 0 aromatic carbocycles. The maximum absolute atomic E-state index is 11.8. The lowest BCUT2D eigenvalue weighted by Crippen LogP contribution is -2.55. The zero-order valence-electron chi connectivity index (χ0n) is 21.7. The van der Waals surface area contributed by atoms with E-state index in [1.807, 2.05) is 0 Å². The van der Waals surface area contributed by atoms with Gasteiger partial charge in [0, 0.05) is 30.6 Å². The molecule has 6 rings (SSSR count). The van der Waals surface area contributed by atoms with Crippen LogP contribution in [0.15, 0.2) is 11.6 Å². The Hall–Kier alpha value is -0.910. The summed E-state index contributed by atoms with van der Waals surface area (Å²) in [5.41, 5.74) is 1.45. The van der Waals surface area contributed by atoms with Crippen LogP contribution < -0.4 is 0 Å². The van der Waals surface area contributed by atoms with Crippen molar-refractivity contribution < 1.29 is 24.1 Å². The predicted molar refractivity (Wildman–Crippen MR) is 129 cm³/mol. The van der Waals surface area contributed by atoms with Crippen molar-refractivity contribution in [1.29, 1.82) is 0 Å². The smallest absolute Gasteiger partial charge is 0.302 e. The van der Waals surface area contributed by atoms with Crippen LogP contribution in [-0.4, -0.2) is 41.8 Å². The molecule has 5 heteroatoms. The summed E-state index contributed by atoms with van der Waals surface area (Å²) in [6.07, 6.45) is 10.6. The fourth-order valence-corrected chi connectivity index (χ4v) is 9.83. The van der Waals surface area contributed by atoms with E-state index < -0.39 is 11.9 Å². The molecule has 2 heterocycles. The summed E-state index contributed by atoms with van der Waals surface area (Å²) < 4.78 is 18.9. The first-order valence-corrected chi connectivity index (χ1v) is 14.0. The number of ether oxygens (including phenoxy) is 3. The zero-order valence-corrected chi connectivity index (χ0v) is 21.7. The second kappa shape index (κ2) is 7.79. The lowest BCUT2D eigenvalue weighted by atomic mass is 9.47. The number of carbonyl (C=O) groups excluding carboxylic acids is 1. The van der Waals surface area contributed by atoms with E-state index in [1.54, 1.807) is 0 Å². The molecule has 4 aliphatic carbocycles. The highest BCUT2D eigenvalue weighted by Crippen LogP contribution is 2.69. The van der Waals surface area contributed by atoms with Crippen molar-refractivity contribution in [3.8, 4) is 0 Å². The molecule has 3 saturated carbocycles. The first kappa shape index (κ1) is 23.5. The van der Waals surface area contributed by atoms with Crippen LogP contribution in [0.4, 0.5) is 0 Å². The molecule has 0 aromatic rings. The monoisotopic (exact) mass is 472 g/mol. The number of rotatable bonds is 1. The van der Waals surface area contributed by atoms with Gasteiger partial charge < -0.3 is 19.3 Å². The van der Waals surface area contributed by atoms with Gasteiger partial charge in [0.25, 0.3) is 0 Å². The normalized spacial score (nSPS) is 56.2. The summed E-state index contributed by atoms with van der Waals surface area (Å²) in [6.45, 7) is 11.7. The summed E-state index contributed by atoms with van der Waals surface area (Å²) in [5, 5.41) is 11.8. The molecule has 190 valence electrons. The van der Waals surface area contributed by atoms with Crippen LogP contribution in [0.2, 0.25) is 0 Å². The van der Waals surface area contributed by atoms with Gasteiger partial charge in [0.1, 0.15) is 6.10 Å². The highest BCUT2D eigenvalue weighted by molar-refractivity contribution is 5.66. The Morgan fingerprint density at radius 2 is 1.91 bits per heavy atom. The van der Waals surface area contributed by atoms with Gasteiger partial charge >= 0.3 is 5.97 Å². The van der Waals surface area contributed by atoms with Crippen LogP contribution in [-0.2, 0) is 19.0 Å². The minimum absolute atomic E-state index is 0.0565. The quantitative estimate of drug-likeness (QED) is 0.417. The molecular weight excluding hydrogens is 428 g/mol. The minimum Gasteiger partial charge on any atom is -0.463 e. The van der Waals surface area contributed by atoms with Crippen LogP contribution >= 0.6 is 0 Å². The van der Waals surface area contributed by atoms with Crippen LogP contribution in [0.5, 0.6) is 0 Å². The molecular formula is C29H44O5. The van der Waals surface area contributed by atoms with Gasteiger partial charge in [0.05, 0.1) is 18.8 Å². The first-order valence-electron chi connectivity index (χ1n) is 14.0. The average molecular weight is 473 g/mol. The van der Waals surface area contributed by atoms with E-state index in [9.17, 15) is 9.90 Å². The third kappa shape index (κ3) is 3.11. The molecule has 2 saturated heterocycles. The number of hydrogen-bond acceptors (Lipinski definition) is 5. The van der Waals surface area contributed by atoms with Gasteiger partial charge in [-0.05, 0) is 74.0 Å². The lowest BCUT2D eigenvalue weighted by Gasteiger charge is -2.58. The Morgan fingerprint density at radius 1 is 1.12 bits per heavy atom. The van der Waals surface area contributed by atoms with Crippen molar-refractivity contribution in [1.82, 2.24) is 0 Å². The molecule has 1 N–H and O–H groups in total. The Bertz CT molecular complexity index is 874. The molecule has 6 aliphatic rings. The first-order chi connectivity index (χ1) is 16.1. The van der Waals surface area contributed by atoms with Crippen molar-refractivity contribution in [2.24, 2.45) is 46.3 Å². The predicted octanol–water partition coefficient (Wildman–Crippen LogP) is 5.26. The van der Waals surface area contributed by atoms with E-state index in [2.05, 4.69) is 33.8 Å². The minimum atomic E-state index is -0.446. The largest absolute Gasteiger partial charge is 0.463 e. The number of hydrogen-bond donors (Lipinski definition) is 1. The molecule has 5 fully saturated rings. The van der Waals surface area contributed by atoms with Crippen molar-refractivity contribution in [2.75, 3.05) is 6.61 Å². The molecule has 12 unspecified atom stereocenters. The molecule has 12 atom stereocenters. The van der Waals surface area contributed by atoms with Crippen LogP contribution in [0.3, 0.4) is 0 Å². The zero-order chi connectivity index (χ0) is 24.0. The number of aliphatic hydroxyl groups excluding tert-OH is 1. The van der Waals surface area contributed by atoms with E-state index in [0.717, 1.165) is 45.1 Å². The molecule has 0 bridgehead atoms. The number of esters is 1. The van der Waals surface area contributed by atoms with Crippen LogP contribution in [0.1, 0.15) is 86.0 Å². The molecule has 2 aliphatic heterocycles.